The molecule has 0 unspecified atom stereocenters. The maximum atomic E-state index is 3.36. The summed E-state index contributed by atoms with van der Waals surface area (Å²) in [4.78, 5) is 0. The van der Waals surface area contributed by atoms with Gasteiger partial charge in [-0.1, -0.05) is 40.2 Å². The molecule has 0 nitrogen and oxygen atoms in total. The standard InChI is InChI=1S/C11H9BrS/c12-6-1-2-9-3-4-10-5-7-13-11(10)8-9/h1-5,7-8H,6H2. The van der Waals surface area contributed by atoms with Gasteiger partial charge in [-0.3, -0.25) is 0 Å². The Morgan fingerprint density at radius 2 is 2.23 bits per heavy atom. The Labute approximate surface area is 90.0 Å². The second-order valence-electron chi connectivity index (χ2n) is 2.77. The molecule has 2 aromatic rings. The summed E-state index contributed by atoms with van der Waals surface area (Å²) in [5.41, 5.74) is 1.27. The monoisotopic (exact) mass is 252 g/mol. The van der Waals surface area contributed by atoms with Gasteiger partial charge in [0.1, 0.15) is 0 Å². The molecule has 0 aliphatic carbocycles. The highest BCUT2D eigenvalue weighted by atomic mass is 79.9. The van der Waals surface area contributed by atoms with Gasteiger partial charge in [-0.2, -0.15) is 0 Å². The van der Waals surface area contributed by atoms with Gasteiger partial charge < -0.3 is 0 Å². The van der Waals surface area contributed by atoms with E-state index in [1.807, 2.05) is 0 Å². The fraction of sp³-hybridized carbons (Fsp3) is 0.0909. The van der Waals surface area contributed by atoms with E-state index < -0.39 is 0 Å². The predicted octanol–water partition coefficient (Wildman–Crippen LogP) is 4.31. The molecule has 1 aromatic carbocycles. The van der Waals surface area contributed by atoms with Gasteiger partial charge in [0.2, 0.25) is 0 Å². The number of alkyl halides is 1. The summed E-state index contributed by atoms with van der Waals surface area (Å²) in [6.07, 6.45) is 4.24. The molecule has 0 bridgehead atoms. The molecular weight excluding hydrogens is 244 g/mol. The predicted molar refractivity (Wildman–Crippen MR) is 64.7 cm³/mol. The number of hydrogen-bond donors (Lipinski definition) is 0. The van der Waals surface area contributed by atoms with Gasteiger partial charge in [0.15, 0.2) is 0 Å². The van der Waals surface area contributed by atoms with E-state index in [1.54, 1.807) is 11.3 Å². The minimum Gasteiger partial charge on any atom is -0.144 e. The van der Waals surface area contributed by atoms with Gasteiger partial charge in [-0.15, -0.1) is 11.3 Å². The smallest absolute Gasteiger partial charge is 0.0348 e. The molecule has 0 aliphatic heterocycles. The first kappa shape index (κ1) is 8.97. The maximum absolute atomic E-state index is 3.36. The highest BCUT2D eigenvalue weighted by Gasteiger charge is 1.93. The van der Waals surface area contributed by atoms with Crippen molar-refractivity contribution in [3.63, 3.8) is 0 Å². The largest absolute Gasteiger partial charge is 0.144 e. The van der Waals surface area contributed by atoms with Crippen LogP contribution in [-0.2, 0) is 0 Å². The third kappa shape index (κ3) is 2.01. The molecule has 1 aromatic heterocycles. The lowest BCUT2D eigenvalue weighted by atomic mass is 10.2. The van der Waals surface area contributed by atoms with Crippen LogP contribution < -0.4 is 0 Å². The zero-order valence-electron chi connectivity index (χ0n) is 7.03. The first-order chi connectivity index (χ1) is 6.40. The molecule has 66 valence electrons. The number of fused-ring (bicyclic) bond motifs is 1. The second-order valence-corrected chi connectivity index (χ2v) is 4.37. The van der Waals surface area contributed by atoms with Crippen LogP contribution >= 0.6 is 27.3 Å². The lowest BCUT2D eigenvalue weighted by molar-refractivity contribution is 1.74. The average molecular weight is 253 g/mol. The SMILES string of the molecule is BrCC=Cc1ccc2ccsc2c1. The minimum atomic E-state index is 0.912. The first-order valence-electron chi connectivity index (χ1n) is 4.10. The van der Waals surface area contributed by atoms with Crippen molar-refractivity contribution >= 4 is 43.4 Å². The van der Waals surface area contributed by atoms with Crippen molar-refractivity contribution < 1.29 is 0 Å². The van der Waals surface area contributed by atoms with Crippen molar-refractivity contribution in [2.75, 3.05) is 5.33 Å². The van der Waals surface area contributed by atoms with Gasteiger partial charge in [0, 0.05) is 10.0 Å². The van der Waals surface area contributed by atoms with Crippen molar-refractivity contribution in [2.45, 2.75) is 0 Å². The van der Waals surface area contributed by atoms with Crippen LogP contribution in [0.2, 0.25) is 0 Å². The van der Waals surface area contributed by atoms with Crippen LogP contribution in [0.3, 0.4) is 0 Å². The summed E-state index contributed by atoms with van der Waals surface area (Å²) < 4.78 is 1.36. The van der Waals surface area contributed by atoms with Crippen molar-refractivity contribution in [1.82, 2.24) is 0 Å². The van der Waals surface area contributed by atoms with Crippen LogP contribution in [0.4, 0.5) is 0 Å². The van der Waals surface area contributed by atoms with Crippen molar-refractivity contribution in [2.24, 2.45) is 0 Å². The number of thiophene rings is 1. The number of halogens is 1. The molecule has 13 heavy (non-hydrogen) atoms. The number of rotatable bonds is 2. The van der Waals surface area contributed by atoms with Crippen molar-refractivity contribution in [3.05, 3.63) is 41.3 Å². The normalized spacial score (nSPS) is 11.5. The molecule has 0 saturated carbocycles. The molecule has 1 heterocycles. The third-order valence-electron chi connectivity index (χ3n) is 1.88. The molecule has 0 radical (unpaired) electrons. The Morgan fingerprint density at radius 3 is 3.08 bits per heavy atom. The van der Waals surface area contributed by atoms with Gasteiger partial charge >= 0.3 is 0 Å². The van der Waals surface area contributed by atoms with E-state index in [1.165, 1.54) is 15.6 Å². The molecule has 2 heteroatoms. The van der Waals surface area contributed by atoms with Crippen LogP contribution in [0.15, 0.2) is 35.7 Å². The van der Waals surface area contributed by atoms with Crippen LogP contribution in [0.1, 0.15) is 5.56 Å². The summed E-state index contributed by atoms with van der Waals surface area (Å²) in [7, 11) is 0. The highest BCUT2D eigenvalue weighted by Crippen LogP contribution is 2.22. The van der Waals surface area contributed by atoms with Crippen molar-refractivity contribution in [1.29, 1.82) is 0 Å². The van der Waals surface area contributed by atoms with E-state index in [0.717, 1.165) is 5.33 Å². The van der Waals surface area contributed by atoms with E-state index in [4.69, 9.17) is 0 Å². The Morgan fingerprint density at radius 1 is 1.31 bits per heavy atom. The Hall–Kier alpha value is -0.600. The summed E-state index contributed by atoms with van der Waals surface area (Å²) in [6.45, 7) is 0. The van der Waals surface area contributed by atoms with E-state index >= 15 is 0 Å². The lowest BCUT2D eigenvalue weighted by Crippen LogP contribution is -1.70. The Balaban J connectivity index is 2.42. The Bertz CT molecular complexity index is 428. The number of hydrogen-bond acceptors (Lipinski definition) is 1. The van der Waals surface area contributed by atoms with E-state index in [0.29, 0.717) is 0 Å². The summed E-state index contributed by atoms with van der Waals surface area (Å²) >= 11 is 5.15. The summed E-state index contributed by atoms with van der Waals surface area (Å²) in [5.74, 6) is 0. The lowest BCUT2D eigenvalue weighted by Gasteiger charge is -1.93. The number of allylic oxidation sites excluding steroid dienone is 1. The molecule has 0 saturated heterocycles. The topological polar surface area (TPSA) is 0 Å². The molecule has 0 atom stereocenters. The van der Waals surface area contributed by atoms with Gasteiger partial charge in [-0.05, 0) is 28.5 Å². The fourth-order valence-electron chi connectivity index (χ4n) is 1.26. The van der Waals surface area contributed by atoms with E-state index in [-0.39, 0.29) is 0 Å². The van der Waals surface area contributed by atoms with Crippen LogP contribution in [0.25, 0.3) is 16.2 Å². The highest BCUT2D eigenvalue weighted by molar-refractivity contribution is 9.09. The summed E-state index contributed by atoms with van der Waals surface area (Å²) in [5, 5.41) is 4.37. The summed E-state index contributed by atoms with van der Waals surface area (Å²) in [6, 6.07) is 8.69. The van der Waals surface area contributed by atoms with Gasteiger partial charge in [0.25, 0.3) is 0 Å². The van der Waals surface area contributed by atoms with E-state index in [2.05, 4.69) is 57.7 Å². The van der Waals surface area contributed by atoms with Crippen LogP contribution in [0.5, 0.6) is 0 Å². The minimum absolute atomic E-state index is 0.912. The molecule has 2 rings (SSSR count). The van der Waals surface area contributed by atoms with Crippen LogP contribution in [-0.4, -0.2) is 5.33 Å². The fourth-order valence-corrected chi connectivity index (χ4v) is 2.28. The first-order valence-corrected chi connectivity index (χ1v) is 6.10. The zero-order valence-corrected chi connectivity index (χ0v) is 9.44. The molecule has 0 fully saturated rings. The molecule has 0 amide bonds. The molecular formula is C11H9BrS. The second kappa shape index (κ2) is 4.07. The Kier molecular flexibility index (Phi) is 2.81. The quantitative estimate of drug-likeness (QED) is 0.699. The molecule has 0 N–H and O–H groups in total. The van der Waals surface area contributed by atoms with Gasteiger partial charge in [-0.25, -0.2) is 0 Å². The molecule has 0 aliphatic rings. The number of benzene rings is 1. The molecule has 0 spiro atoms. The van der Waals surface area contributed by atoms with Crippen molar-refractivity contribution in [3.8, 4) is 0 Å². The average Bonchev–Trinajstić information content (AvgIpc) is 2.61. The van der Waals surface area contributed by atoms with Gasteiger partial charge in [0.05, 0.1) is 0 Å². The third-order valence-corrected chi connectivity index (χ3v) is 3.13. The van der Waals surface area contributed by atoms with Crippen LogP contribution in [0, 0.1) is 0 Å². The van der Waals surface area contributed by atoms with E-state index in [9.17, 15) is 0 Å². The maximum Gasteiger partial charge on any atom is 0.0348 e. The zero-order chi connectivity index (χ0) is 9.10.